The van der Waals surface area contributed by atoms with Crippen molar-refractivity contribution in [2.75, 3.05) is 3.80 Å². The molecule has 1 aliphatic carbocycles. The molecule has 0 fully saturated rings. The topological polar surface area (TPSA) is 12.0 Å². The molecule has 0 amide bonds. The van der Waals surface area contributed by atoms with Crippen LogP contribution in [0.2, 0.25) is 0 Å². The second-order valence-electron chi connectivity index (χ2n) is 9.13. The quantitative estimate of drug-likeness (QED) is 0.434. The summed E-state index contributed by atoms with van der Waals surface area (Å²) in [5.41, 5.74) is 8.69. The molecule has 1 aliphatic rings. The van der Waals surface area contributed by atoms with Gasteiger partial charge in [-0.2, -0.15) is 0 Å². The van der Waals surface area contributed by atoms with E-state index in [4.69, 9.17) is 0 Å². The van der Waals surface area contributed by atoms with Crippen molar-refractivity contribution in [3.05, 3.63) is 111 Å². The molecule has 1 nitrogen and oxygen atoms in total. The molecule has 0 saturated carbocycles. The van der Waals surface area contributed by atoms with Gasteiger partial charge in [0.25, 0.3) is 0 Å². The Morgan fingerprint density at radius 3 is 1.53 bits per heavy atom. The van der Waals surface area contributed by atoms with E-state index in [9.17, 15) is 0 Å². The van der Waals surface area contributed by atoms with Crippen LogP contribution in [0.25, 0.3) is 0 Å². The Kier molecular flexibility index (Phi) is 10.5. The Bertz CT molecular complexity index is 1120. The molecule has 0 saturated heterocycles. The average molecular weight is 543 g/mol. The van der Waals surface area contributed by atoms with Gasteiger partial charge < -0.3 is 24.8 Å². The fraction of sp³-hybridized carbons (Fsp3) is 0.241. The summed E-state index contributed by atoms with van der Waals surface area (Å²) in [4.78, 5) is 0. The molecular formula is C29H34Cl2NSiTi. The molecule has 3 aromatic rings. The van der Waals surface area contributed by atoms with Crippen molar-refractivity contribution in [3.63, 3.8) is 0 Å². The van der Waals surface area contributed by atoms with Crippen molar-refractivity contribution in [2.24, 2.45) is 5.92 Å². The zero-order chi connectivity index (χ0) is 22.8. The minimum atomic E-state index is -1.98. The maximum Gasteiger partial charge on any atom is -1.00 e. The second-order valence-corrected chi connectivity index (χ2v) is 18.9. The van der Waals surface area contributed by atoms with Crippen molar-refractivity contribution in [3.8, 4) is 0 Å². The van der Waals surface area contributed by atoms with E-state index in [2.05, 4.69) is 124 Å². The van der Waals surface area contributed by atoms with Gasteiger partial charge in [0.05, 0.1) is 0 Å². The van der Waals surface area contributed by atoms with Gasteiger partial charge >= 0.3 is 202 Å². The number of aryl methyl sites for hydroxylation is 2. The molecule has 0 aliphatic heterocycles. The molecule has 3 aromatic carbocycles. The van der Waals surface area contributed by atoms with Crippen LogP contribution in [0.4, 0.5) is 5.69 Å². The third kappa shape index (κ3) is 5.64. The van der Waals surface area contributed by atoms with Gasteiger partial charge in [0.1, 0.15) is 0 Å². The van der Waals surface area contributed by atoms with E-state index in [1.807, 2.05) is 0 Å². The predicted molar refractivity (Wildman–Crippen MR) is 139 cm³/mol. The summed E-state index contributed by atoms with van der Waals surface area (Å²) < 4.78 is 6.04. The molecule has 0 bridgehead atoms. The molecule has 5 heteroatoms. The molecule has 4 rings (SSSR count). The molecule has 177 valence electrons. The van der Waals surface area contributed by atoms with Gasteiger partial charge in [-0.25, -0.2) is 0 Å². The number of halogens is 2. The number of hydrogen-bond acceptors (Lipinski definition) is 1. The molecule has 1 unspecified atom stereocenters. The van der Waals surface area contributed by atoms with Crippen LogP contribution in [0.15, 0.2) is 99.5 Å². The Morgan fingerprint density at radius 1 is 0.647 bits per heavy atom. The van der Waals surface area contributed by atoms with Gasteiger partial charge in [-0.05, 0) is 0 Å². The van der Waals surface area contributed by atoms with E-state index in [1.165, 1.54) is 22.4 Å². The summed E-state index contributed by atoms with van der Waals surface area (Å²) >= 11 is -1.98. The van der Waals surface area contributed by atoms with E-state index in [-0.39, 0.29) is 24.8 Å². The molecule has 0 aromatic heterocycles. The zero-order valence-corrected chi connectivity index (χ0v) is 25.1. The van der Waals surface area contributed by atoms with Gasteiger partial charge in [0.2, 0.25) is 0 Å². The van der Waals surface area contributed by atoms with Gasteiger partial charge in [-0.1, -0.05) is 0 Å². The number of rotatable bonds is 6. The smallest absolute Gasteiger partial charge is 1.00 e. The van der Waals surface area contributed by atoms with Crippen LogP contribution in [0.5, 0.6) is 0 Å². The number of benzene rings is 3. The summed E-state index contributed by atoms with van der Waals surface area (Å²) in [6.07, 6.45) is 0. The average Bonchev–Trinajstić information content (AvgIpc) is 2.99. The van der Waals surface area contributed by atoms with Gasteiger partial charge in [-0.15, -0.1) is 0 Å². The summed E-state index contributed by atoms with van der Waals surface area (Å²) in [5.74, 6) is 0.532. The maximum atomic E-state index is 4.30. The summed E-state index contributed by atoms with van der Waals surface area (Å²) in [7, 11) is 0. The SMILES string of the molecule is CC1=C(C)C(C)[C]([Ti+2]([NH]c2c(C)cccc2C)[SiH](c2ccccc2)c2ccccc2)=C1C.[Cl-].[Cl-]. The second kappa shape index (κ2) is 12.4. The zero-order valence-electron chi connectivity index (χ0n) is 20.9. The molecule has 0 radical (unpaired) electrons. The number of hydrogen-bond donors (Lipinski definition) is 1. The van der Waals surface area contributed by atoms with Gasteiger partial charge in [-0.3, -0.25) is 0 Å². The first-order valence-corrected chi connectivity index (χ1v) is 17.6. The number of anilines is 1. The first kappa shape index (κ1) is 28.7. The van der Waals surface area contributed by atoms with E-state index < -0.39 is 24.0 Å². The van der Waals surface area contributed by atoms with Crippen molar-refractivity contribution >= 4 is 22.7 Å². The Labute approximate surface area is 225 Å². The van der Waals surface area contributed by atoms with Gasteiger partial charge in [0.15, 0.2) is 0 Å². The molecular weight excluding hydrogens is 509 g/mol. The van der Waals surface area contributed by atoms with Crippen molar-refractivity contribution in [1.29, 1.82) is 0 Å². The number of para-hydroxylation sites is 1. The van der Waals surface area contributed by atoms with Crippen LogP contribution < -0.4 is 39.0 Å². The molecule has 34 heavy (non-hydrogen) atoms. The molecule has 1 N–H and O–H groups in total. The van der Waals surface area contributed by atoms with E-state index >= 15 is 0 Å². The Morgan fingerprint density at radius 2 is 1.12 bits per heavy atom. The maximum absolute atomic E-state index is 4.30. The fourth-order valence-corrected chi connectivity index (χ4v) is 20.6. The summed E-state index contributed by atoms with van der Waals surface area (Å²) in [5, 5.41) is 3.12. The molecule has 0 spiro atoms. The van der Waals surface area contributed by atoms with Crippen molar-refractivity contribution in [1.82, 2.24) is 0 Å². The van der Waals surface area contributed by atoms with Crippen LogP contribution in [0, 0.1) is 19.8 Å². The minimum Gasteiger partial charge on any atom is -1.00 e. The Balaban J connectivity index is 0.00000204. The van der Waals surface area contributed by atoms with Crippen LogP contribution in [0.1, 0.15) is 38.8 Å². The van der Waals surface area contributed by atoms with Gasteiger partial charge in [0, 0.05) is 0 Å². The number of allylic oxidation sites excluding steroid dienone is 4. The number of nitrogens with one attached hydrogen (secondary N) is 1. The van der Waals surface area contributed by atoms with Crippen molar-refractivity contribution < 1.29 is 42.2 Å². The first-order chi connectivity index (χ1) is 15.4. The van der Waals surface area contributed by atoms with E-state index in [1.54, 1.807) is 25.4 Å². The monoisotopic (exact) mass is 542 g/mol. The molecule has 0 heterocycles. The minimum absolute atomic E-state index is 0. The normalized spacial score (nSPS) is 15.2. The third-order valence-corrected chi connectivity index (χ3v) is 20.6. The fourth-order valence-electron chi connectivity index (χ4n) is 5.06. The van der Waals surface area contributed by atoms with Crippen LogP contribution in [-0.4, -0.2) is 6.66 Å². The van der Waals surface area contributed by atoms with E-state index in [0.717, 1.165) is 0 Å². The molecule has 1 atom stereocenters. The summed E-state index contributed by atoms with van der Waals surface area (Å²) in [6, 6.07) is 29.4. The largest absolute Gasteiger partial charge is 1.00 e. The van der Waals surface area contributed by atoms with Crippen LogP contribution in [-0.2, 0) is 17.4 Å². The van der Waals surface area contributed by atoms with Crippen LogP contribution >= 0.6 is 0 Å². The first-order valence-electron chi connectivity index (χ1n) is 11.6. The third-order valence-electron chi connectivity index (χ3n) is 7.23. The Hall–Kier alpha value is -1.55. The van der Waals surface area contributed by atoms with Crippen molar-refractivity contribution in [2.45, 2.75) is 41.5 Å². The summed E-state index contributed by atoms with van der Waals surface area (Å²) in [6.45, 7) is 12.5. The predicted octanol–water partition coefficient (Wildman–Crippen LogP) is 0.0548. The van der Waals surface area contributed by atoms with E-state index in [0.29, 0.717) is 5.92 Å². The standard InChI is InChI=1S/C12H11Si.C9H13.C8H10N.2ClH.Ti/c1-3-7-11(8-4-1)13-12-9-5-2-6-10-12;1-6-5-7(2)9(4)8(6)3;1-6-4-3-5-7(2)8(6)9;;;/h1-10,13H;6H,1-4H3;3-5,9H,1-2H3;2*1H;/q;;-1;;;+3/p-2. The van der Waals surface area contributed by atoms with Crippen LogP contribution in [0.3, 0.4) is 0 Å².